The van der Waals surface area contributed by atoms with Gasteiger partial charge < -0.3 is 14.7 Å². The van der Waals surface area contributed by atoms with Crippen molar-refractivity contribution in [1.82, 2.24) is 15.0 Å². The zero-order valence-electron chi connectivity index (χ0n) is 11.6. The monoisotopic (exact) mass is 297 g/mol. The van der Waals surface area contributed by atoms with Crippen LogP contribution in [-0.2, 0) is 6.54 Å². The second-order valence-electron chi connectivity index (χ2n) is 5.33. The predicted octanol–water partition coefficient (Wildman–Crippen LogP) is 1.22. The van der Waals surface area contributed by atoms with Crippen molar-refractivity contribution in [2.45, 2.75) is 13.5 Å². The number of nitrogens with zero attached hydrogens (tertiary/aromatic N) is 3. The fourth-order valence-corrected chi connectivity index (χ4v) is 2.55. The molecule has 6 nitrogen and oxygen atoms in total. The molecule has 0 radical (unpaired) electrons. The molecule has 20 heavy (non-hydrogen) atoms. The molecular weight excluding hydrogens is 278 g/mol. The first-order valence-corrected chi connectivity index (χ1v) is 7.26. The summed E-state index contributed by atoms with van der Waals surface area (Å²) in [5.41, 5.74) is 0.390. The van der Waals surface area contributed by atoms with Gasteiger partial charge in [0.15, 0.2) is 5.82 Å². The van der Waals surface area contributed by atoms with E-state index in [1.807, 2.05) is 35.7 Å². The Balaban J connectivity index is 1.97. The third kappa shape index (κ3) is 3.63. The highest BCUT2D eigenvalue weighted by Gasteiger charge is 2.25. The summed E-state index contributed by atoms with van der Waals surface area (Å²) < 4.78 is 5.21. The molecule has 0 bridgehead atoms. The van der Waals surface area contributed by atoms with E-state index in [1.165, 1.54) is 0 Å². The van der Waals surface area contributed by atoms with Crippen molar-refractivity contribution in [2.24, 2.45) is 5.41 Å². The first-order chi connectivity index (χ1) is 9.56. The van der Waals surface area contributed by atoms with Crippen LogP contribution in [0.25, 0.3) is 11.5 Å². The molecule has 2 rings (SSSR count). The van der Waals surface area contributed by atoms with Crippen LogP contribution in [0, 0.1) is 5.41 Å². The number of aliphatic hydroxyl groups is 2. The van der Waals surface area contributed by atoms with Gasteiger partial charge in [0.05, 0.1) is 25.3 Å². The summed E-state index contributed by atoms with van der Waals surface area (Å²) in [7, 11) is 1.89. The molecular formula is C13H19N3O3S. The van der Waals surface area contributed by atoms with Crippen LogP contribution in [-0.4, -0.2) is 52.1 Å². The SMILES string of the molecule is CN(Cc1noc(-c2ccsc2)n1)CC(C)(CO)CO. The van der Waals surface area contributed by atoms with Crippen LogP contribution in [0.4, 0.5) is 0 Å². The highest BCUT2D eigenvalue weighted by Crippen LogP contribution is 2.21. The number of hydrogen-bond acceptors (Lipinski definition) is 7. The number of thiophene rings is 1. The van der Waals surface area contributed by atoms with E-state index >= 15 is 0 Å². The lowest BCUT2D eigenvalue weighted by Crippen LogP contribution is -2.38. The summed E-state index contributed by atoms with van der Waals surface area (Å²) in [5.74, 6) is 1.11. The fourth-order valence-electron chi connectivity index (χ4n) is 1.92. The zero-order chi connectivity index (χ0) is 14.6. The Morgan fingerprint density at radius 3 is 2.75 bits per heavy atom. The Labute approximate surface area is 121 Å². The molecule has 0 saturated carbocycles. The van der Waals surface area contributed by atoms with Gasteiger partial charge in [-0.05, 0) is 18.5 Å². The maximum atomic E-state index is 9.29. The van der Waals surface area contributed by atoms with Crippen molar-refractivity contribution in [1.29, 1.82) is 0 Å². The lowest BCUT2D eigenvalue weighted by molar-refractivity contribution is 0.0394. The molecule has 2 aromatic rings. The maximum Gasteiger partial charge on any atom is 0.258 e. The summed E-state index contributed by atoms with van der Waals surface area (Å²) in [6, 6.07) is 1.93. The van der Waals surface area contributed by atoms with Crippen LogP contribution in [0.3, 0.4) is 0 Å². The predicted molar refractivity (Wildman–Crippen MR) is 76.2 cm³/mol. The summed E-state index contributed by atoms with van der Waals surface area (Å²) >= 11 is 1.58. The second-order valence-corrected chi connectivity index (χ2v) is 6.11. The van der Waals surface area contributed by atoms with Gasteiger partial charge in [0.1, 0.15) is 0 Å². The van der Waals surface area contributed by atoms with Crippen molar-refractivity contribution in [3.8, 4) is 11.5 Å². The Hall–Kier alpha value is -1.28. The van der Waals surface area contributed by atoms with Gasteiger partial charge >= 0.3 is 0 Å². The summed E-state index contributed by atoms with van der Waals surface area (Å²) in [5, 5.41) is 26.4. The van der Waals surface area contributed by atoms with E-state index < -0.39 is 5.41 Å². The van der Waals surface area contributed by atoms with E-state index in [0.29, 0.717) is 24.8 Å². The molecule has 0 aliphatic heterocycles. The molecule has 110 valence electrons. The van der Waals surface area contributed by atoms with Crippen LogP contribution >= 0.6 is 11.3 Å². The van der Waals surface area contributed by atoms with Gasteiger partial charge in [0.2, 0.25) is 0 Å². The number of hydrogen-bond donors (Lipinski definition) is 2. The zero-order valence-corrected chi connectivity index (χ0v) is 12.4. The molecule has 0 amide bonds. The molecule has 0 aromatic carbocycles. The first kappa shape index (κ1) is 15.1. The van der Waals surface area contributed by atoms with E-state index in [4.69, 9.17) is 4.52 Å². The normalized spacial score (nSPS) is 12.2. The lowest BCUT2D eigenvalue weighted by atomic mass is 9.92. The Kier molecular flexibility index (Phi) is 4.87. The molecule has 2 heterocycles. The molecule has 0 aliphatic carbocycles. The second kappa shape index (κ2) is 6.45. The first-order valence-electron chi connectivity index (χ1n) is 6.32. The molecule has 0 atom stereocenters. The van der Waals surface area contributed by atoms with Crippen LogP contribution in [0.5, 0.6) is 0 Å². The van der Waals surface area contributed by atoms with Crippen LogP contribution < -0.4 is 0 Å². The minimum absolute atomic E-state index is 0.0692. The van der Waals surface area contributed by atoms with Crippen molar-refractivity contribution in [2.75, 3.05) is 26.8 Å². The Bertz CT molecular complexity index is 523. The summed E-state index contributed by atoms with van der Waals surface area (Å²) in [4.78, 5) is 6.29. The maximum absolute atomic E-state index is 9.29. The molecule has 0 saturated heterocycles. The van der Waals surface area contributed by atoms with Gasteiger partial charge in [-0.3, -0.25) is 4.90 Å². The van der Waals surface area contributed by atoms with E-state index in [2.05, 4.69) is 10.1 Å². The van der Waals surface area contributed by atoms with Gasteiger partial charge in [-0.1, -0.05) is 12.1 Å². The lowest BCUT2D eigenvalue weighted by Gasteiger charge is -2.29. The Morgan fingerprint density at radius 1 is 1.40 bits per heavy atom. The highest BCUT2D eigenvalue weighted by atomic mass is 32.1. The van der Waals surface area contributed by atoms with Gasteiger partial charge in [-0.15, -0.1) is 0 Å². The van der Waals surface area contributed by atoms with Crippen molar-refractivity contribution >= 4 is 11.3 Å². The third-order valence-corrected chi connectivity index (χ3v) is 3.75. The van der Waals surface area contributed by atoms with E-state index in [9.17, 15) is 10.2 Å². The van der Waals surface area contributed by atoms with Crippen molar-refractivity contribution < 1.29 is 14.7 Å². The molecule has 7 heteroatoms. The average molecular weight is 297 g/mol. The van der Waals surface area contributed by atoms with Gasteiger partial charge in [-0.25, -0.2) is 0 Å². The number of aliphatic hydroxyl groups excluding tert-OH is 2. The molecule has 0 fully saturated rings. The van der Waals surface area contributed by atoms with Crippen LogP contribution in [0.2, 0.25) is 0 Å². The molecule has 0 spiro atoms. The quantitative estimate of drug-likeness (QED) is 0.799. The van der Waals surface area contributed by atoms with E-state index in [1.54, 1.807) is 11.3 Å². The minimum atomic E-state index is -0.533. The number of rotatable bonds is 7. The molecule has 2 N–H and O–H groups in total. The molecule has 0 aliphatic rings. The topological polar surface area (TPSA) is 82.6 Å². The van der Waals surface area contributed by atoms with Crippen LogP contribution in [0.15, 0.2) is 21.3 Å². The van der Waals surface area contributed by atoms with Crippen molar-refractivity contribution in [3.63, 3.8) is 0 Å². The van der Waals surface area contributed by atoms with Crippen LogP contribution in [0.1, 0.15) is 12.7 Å². The smallest absolute Gasteiger partial charge is 0.258 e. The third-order valence-electron chi connectivity index (χ3n) is 3.06. The van der Waals surface area contributed by atoms with Gasteiger partial charge in [0.25, 0.3) is 5.89 Å². The molecule has 2 aromatic heterocycles. The standard InChI is InChI=1S/C13H19N3O3S/c1-13(8-17,9-18)7-16(2)5-11-14-12(19-15-11)10-3-4-20-6-10/h3-4,6,17-18H,5,7-9H2,1-2H3. The van der Waals surface area contributed by atoms with Crippen molar-refractivity contribution in [3.05, 3.63) is 22.7 Å². The van der Waals surface area contributed by atoms with Gasteiger partial charge in [-0.2, -0.15) is 16.3 Å². The Morgan fingerprint density at radius 2 is 2.15 bits per heavy atom. The van der Waals surface area contributed by atoms with Gasteiger partial charge in [0, 0.05) is 17.3 Å². The fraction of sp³-hybridized carbons (Fsp3) is 0.538. The average Bonchev–Trinajstić information content (AvgIpc) is 3.08. The highest BCUT2D eigenvalue weighted by molar-refractivity contribution is 7.08. The van der Waals surface area contributed by atoms with E-state index in [-0.39, 0.29) is 13.2 Å². The number of aromatic nitrogens is 2. The largest absolute Gasteiger partial charge is 0.396 e. The molecule has 0 unspecified atom stereocenters. The minimum Gasteiger partial charge on any atom is -0.396 e. The summed E-state index contributed by atoms with van der Waals surface area (Å²) in [6.45, 7) is 2.74. The van der Waals surface area contributed by atoms with E-state index in [0.717, 1.165) is 5.56 Å². The summed E-state index contributed by atoms with van der Waals surface area (Å²) in [6.07, 6.45) is 0.